The molecule has 2 atom stereocenters. The van der Waals surface area contributed by atoms with E-state index in [-0.39, 0.29) is 29.9 Å². The minimum Gasteiger partial charge on any atom is -0.430 e. The van der Waals surface area contributed by atoms with Gasteiger partial charge in [0.05, 0.1) is 29.4 Å². The molecule has 3 heterocycles. The SMILES string of the molecule is CCc1sc(-c2ccc(Cl)cc2)nc1C1=C(OC(=O)C2CC2)CC2CCC(CC1=O)O2. The lowest BCUT2D eigenvalue weighted by atomic mass is 9.97. The molecule has 2 aromatic rings. The fourth-order valence-corrected chi connectivity index (χ4v) is 5.38. The van der Waals surface area contributed by atoms with Gasteiger partial charge in [0.1, 0.15) is 10.8 Å². The van der Waals surface area contributed by atoms with E-state index in [0.29, 0.717) is 34.9 Å². The molecule has 1 aromatic carbocycles. The van der Waals surface area contributed by atoms with Crippen LogP contribution in [0.15, 0.2) is 30.0 Å². The zero-order valence-corrected chi connectivity index (χ0v) is 18.9. The summed E-state index contributed by atoms with van der Waals surface area (Å²) in [5, 5.41) is 1.50. The number of rotatable bonds is 5. The average molecular weight is 458 g/mol. The van der Waals surface area contributed by atoms with Crippen molar-refractivity contribution < 1.29 is 19.1 Å². The standard InChI is InChI=1S/C24H24ClNO4S/c1-2-20-22(26-23(31-20)13-5-7-15(25)8-6-13)21-18(27)11-16-9-10-17(29-16)12-19(21)30-24(28)14-3-4-14/h5-8,14,16-17H,2-4,9-12H2,1H3. The molecule has 1 saturated heterocycles. The Morgan fingerprint density at radius 1 is 1.16 bits per heavy atom. The highest BCUT2D eigenvalue weighted by Gasteiger charge is 2.38. The maximum Gasteiger partial charge on any atom is 0.314 e. The molecule has 2 bridgehead atoms. The van der Waals surface area contributed by atoms with Gasteiger partial charge in [-0.2, -0.15) is 0 Å². The van der Waals surface area contributed by atoms with Gasteiger partial charge in [-0.3, -0.25) is 9.59 Å². The molecular formula is C24H24ClNO4S. The topological polar surface area (TPSA) is 65.5 Å². The van der Waals surface area contributed by atoms with Crippen LogP contribution in [0.3, 0.4) is 0 Å². The van der Waals surface area contributed by atoms with Crippen LogP contribution in [0.2, 0.25) is 5.02 Å². The Balaban J connectivity index is 1.60. The number of ketones is 1. The molecule has 1 saturated carbocycles. The fraction of sp³-hybridized carbons (Fsp3) is 0.458. The van der Waals surface area contributed by atoms with Crippen LogP contribution in [0.1, 0.15) is 56.0 Å². The summed E-state index contributed by atoms with van der Waals surface area (Å²) in [6.45, 7) is 2.05. The number of hydrogen-bond acceptors (Lipinski definition) is 6. The van der Waals surface area contributed by atoms with Crippen LogP contribution in [0.25, 0.3) is 16.1 Å². The molecule has 1 aliphatic carbocycles. The number of carbonyl (C=O) groups excluding carboxylic acids is 2. The van der Waals surface area contributed by atoms with Gasteiger partial charge in [-0.05, 0) is 44.2 Å². The first-order valence-electron chi connectivity index (χ1n) is 10.9. The summed E-state index contributed by atoms with van der Waals surface area (Å²) in [5.41, 5.74) is 2.08. The van der Waals surface area contributed by atoms with Crippen molar-refractivity contribution in [2.45, 2.75) is 64.1 Å². The Bertz CT molecular complexity index is 1050. The second-order valence-electron chi connectivity index (χ2n) is 8.43. The Hall–Kier alpha value is -2.02. The normalized spacial score (nSPS) is 23.6. The van der Waals surface area contributed by atoms with Crippen LogP contribution >= 0.6 is 22.9 Å². The summed E-state index contributed by atoms with van der Waals surface area (Å²) >= 11 is 7.61. The van der Waals surface area contributed by atoms with Crippen molar-refractivity contribution in [2.75, 3.05) is 0 Å². The van der Waals surface area contributed by atoms with E-state index in [4.69, 9.17) is 26.1 Å². The van der Waals surface area contributed by atoms with E-state index in [0.717, 1.165) is 47.6 Å². The number of carbonyl (C=O) groups is 2. The smallest absolute Gasteiger partial charge is 0.314 e. The number of allylic oxidation sites excluding steroid dienone is 1. The molecule has 5 nitrogen and oxygen atoms in total. The summed E-state index contributed by atoms with van der Waals surface area (Å²) < 4.78 is 11.9. The van der Waals surface area contributed by atoms with Crippen molar-refractivity contribution in [3.05, 3.63) is 45.6 Å². The summed E-state index contributed by atoms with van der Waals surface area (Å²) in [5.74, 6) is 0.111. The maximum absolute atomic E-state index is 13.4. The van der Waals surface area contributed by atoms with Crippen molar-refractivity contribution in [3.63, 3.8) is 0 Å². The van der Waals surface area contributed by atoms with E-state index in [2.05, 4.69) is 6.92 Å². The number of esters is 1. The van der Waals surface area contributed by atoms with Crippen molar-refractivity contribution >= 4 is 40.3 Å². The third kappa shape index (κ3) is 4.34. The van der Waals surface area contributed by atoms with Crippen LogP contribution in [0, 0.1) is 5.92 Å². The minimum absolute atomic E-state index is 0.0189. The molecule has 1 aromatic heterocycles. The molecule has 2 unspecified atom stereocenters. The van der Waals surface area contributed by atoms with E-state index in [1.807, 2.05) is 24.3 Å². The van der Waals surface area contributed by atoms with Crippen LogP contribution in [-0.4, -0.2) is 28.9 Å². The van der Waals surface area contributed by atoms with Crippen molar-refractivity contribution in [1.29, 1.82) is 0 Å². The predicted molar refractivity (Wildman–Crippen MR) is 120 cm³/mol. The number of halogens is 1. The maximum atomic E-state index is 13.4. The van der Waals surface area contributed by atoms with Gasteiger partial charge in [-0.25, -0.2) is 4.98 Å². The molecule has 2 fully saturated rings. The molecular weight excluding hydrogens is 434 g/mol. The number of aryl methyl sites for hydroxylation is 1. The summed E-state index contributed by atoms with van der Waals surface area (Å²) in [7, 11) is 0. The first kappa shape index (κ1) is 20.9. The van der Waals surface area contributed by atoms with E-state index in [9.17, 15) is 9.59 Å². The summed E-state index contributed by atoms with van der Waals surface area (Å²) in [4.78, 5) is 31.8. The Labute approximate surface area is 190 Å². The van der Waals surface area contributed by atoms with E-state index >= 15 is 0 Å². The van der Waals surface area contributed by atoms with E-state index in [1.165, 1.54) is 0 Å². The third-order valence-electron chi connectivity index (χ3n) is 6.06. The highest BCUT2D eigenvalue weighted by molar-refractivity contribution is 7.15. The number of ether oxygens (including phenoxy) is 2. The Morgan fingerprint density at radius 2 is 1.87 bits per heavy atom. The molecule has 7 heteroatoms. The number of nitrogens with zero attached hydrogens (tertiary/aromatic N) is 1. The average Bonchev–Trinajstić information content (AvgIpc) is 3.37. The van der Waals surface area contributed by atoms with Crippen LogP contribution in [0.5, 0.6) is 0 Å². The molecule has 2 aliphatic heterocycles. The van der Waals surface area contributed by atoms with Gasteiger partial charge < -0.3 is 9.47 Å². The quantitative estimate of drug-likeness (QED) is 0.546. The number of fused-ring (bicyclic) bond motifs is 2. The van der Waals surface area contributed by atoms with E-state index in [1.54, 1.807) is 11.3 Å². The van der Waals surface area contributed by atoms with Gasteiger partial charge in [-0.15, -0.1) is 11.3 Å². The highest BCUT2D eigenvalue weighted by Crippen LogP contribution is 2.40. The molecule has 0 spiro atoms. The van der Waals surface area contributed by atoms with Crippen molar-refractivity contribution in [1.82, 2.24) is 4.98 Å². The molecule has 3 aliphatic rings. The molecule has 0 N–H and O–H groups in total. The second kappa shape index (κ2) is 8.49. The predicted octanol–water partition coefficient (Wildman–Crippen LogP) is 5.60. The lowest BCUT2D eigenvalue weighted by Gasteiger charge is -2.22. The van der Waals surface area contributed by atoms with Gasteiger partial charge >= 0.3 is 5.97 Å². The third-order valence-corrected chi connectivity index (χ3v) is 7.56. The first-order valence-corrected chi connectivity index (χ1v) is 12.1. The highest BCUT2D eigenvalue weighted by atomic mass is 35.5. The monoisotopic (exact) mass is 457 g/mol. The molecule has 0 amide bonds. The largest absolute Gasteiger partial charge is 0.430 e. The lowest BCUT2D eigenvalue weighted by Crippen LogP contribution is -2.23. The van der Waals surface area contributed by atoms with Gasteiger partial charge in [0, 0.05) is 28.3 Å². The van der Waals surface area contributed by atoms with Gasteiger partial charge in [0.25, 0.3) is 0 Å². The minimum atomic E-state index is -0.235. The second-order valence-corrected chi connectivity index (χ2v) is 9.95. The van der Waals surface area contributed by atoms with Gasteiger partial charge in [-0.1, -0.05) is 30.7 Å². The van der Waals surface area contributed by atoms with Crippen molar-refractivity contribution in [2.24, 2.45) is 5.92 Å². The molecule has 0 radical (unpaired) electrons. The van der Waals surface area contributed by atoms with Crippen LogP contribution in [-0.2, 0) is 25.5 Å². The van der Waals surface area contributed by atoms with Crippen LogP contribution in [0.4, 0.5) is 0 Å². The van der Waals surface area contributed by atoms with Gasteiger partial charge in [0.15, 0.2) is 5.78 Å². The first-order chi connectivity index (χ1) is 15.0. The number of thiazole rings is 1. The molecule has 162 valence electrons. The molecule has 5 rings (SSSR count). The summed E-state index contributed by atoms with van der Waals surface area (Å²) in [6, 6.07) is 7.53. The summed E-state index contributed by atoms with van der Waals surface area (Å²) in [6.07, 6.45) is 4.85. The number of hydrogen-bond donors (Lipinski definition) is 0. The zero-order valence-electron chi connectivity index (χ0n) is 17.4. The zero-order chi connectivity index (χ0) is 21.5. The lowest BCUT2D eigenvalue weighted by molar-refractivity contribution is -0.141. The Kier molecular flexibility index (Phi) is 5.71. The van der Waals surface area contributed by atoms with E-state index < -0.39 is 0 Å². The number of aromatic nitrogens is 1. The van der Waals surface area contributed by atoms with Crippen molar-refractivity contribution in [3.8, 4) is 10.6 Å². The number of benzene rings is 1. The fourth-order valence-electron chi connectivity index (χ4n) is 4.24. The van der Waals surface area contributed by atoms with Crippen LogP contribution < -0.4 is 0 Å². The Morgan fingerprint density at radius 3 is 2.55 bits per heavy atom. The van der Waals surface area contributed by atoms with Gasteiger partial charge in [0.2, 0.25) is 0 Å². The number of Topliss-reactive ketones (excluding diaryl/α,β-unsaturated/α-hetero) is 1. The molecule has 31 heavy (non-hydrogen) atoms.